The largest absolute Gasteiger partial charge is 0.459 e. The summed E-state index contributed by atoms with van der Waals surface area (Å²) in [5.41, 5.74) is 5.30. The molecule has 1 unspecified atom stereocenters. The van der Waals surface area contributed by atoms with E-state index in [1.165, 1.54) is 6.07 Å². The number of carbonyl (C=O) groups is 2. The normalized spacial score (nSPS) is 13.2. The maximum atomic E-state index is 11.9. The molecule has 7 heteroatoms. The molecule has 1 heterocycles. The summed E-state index contributed by atoms with van der Waals surface area (Å²) < 4.78 is 5.81. The van der Waals surface area contributed by atoms with Gasteiger partial charge in [0.05, 0.1) is 4.34 Å². The summed E-state index contributed by atoms with van der Waals surface area (Å²) in [5.74, 6) is -0.940. The number of rotatable bonds is 4. The highest BCUT2D eigenvalue weighted by Crippen LogP contribution is 2.32. The Morgan fingerprint density at radius 2 is 2.00 bits per heavy atom. The average Bonchev–Trinajstić information content (AvgIpc) is 2.55. The average molecular weight is 324 g/mol. The molecule has 19 heavy (non-hydrogen) atoms. The van der Waals surface area contributed by atoms with E-state index >= 15 is 0 Å². The summed E-state index contributed by atoms with van der Waals surface area (Å²) in [4.78, 5) is 23.6. The van der Waals surface area contributed by atoms with Gasteiger partial charge in [0.2, 0.25) is 0 Å². The SMILES string of the molecule is CC(C)(C)OC(=O)C(N)CC(=O)c1cc(Cl)sc1Cl. The summed E-state index contributed by atoms with van der Waals surface area (Å²) in [6.07, 6.45) is -0.165. The molecule has 4 nitrogen and oxygen atoms in total. The van der Waals surface area contributed by atoms with Gasteiger partial charge in [0.25, 0.3) is 0 Å². The lowest BCUT2D eigenvalue weighted by molar-refractivity contribution is -0.156. The number of nitrogens with two attached hydrogens (primary N) is 1. The molecule has 2 N–H and O–H groups in total. The molecule has 1 aromatic heterocycles. The van der Waals surface area contributed by atoms with Crippen molar-refractivity contribution in [2.45, 2.75) is 38.8 Å². The van der Waals surface area contributed by atoms with E-state index in [1.54, 1.807) is 20.8 Å². The predicted octanol–water partition coefficient (Wildman–Crippen LogP) is 3.30. The van der Waals surface area contributed by atoms with Crippen LogP contribution < -0.4 is 5.73 Å². The van der Waals surface area contributed by atoms with Crippen molar-refractivity contribution in [1.29, 1.82) is 0 Å². The Morgan fingerprint density at radius 3 is 2.42 bits per heavy atom. The molecular weight excluding hydrogens is 309 g/mol. The van der Waals surface area contributed by atoms with E-state index in [2.05, 4.69) is 0 Å². The van der Waals surface area contributed by atoms with E-state index in [1.807, 2.05) is 0 Å². The molecule has 0 spiro atoms. The Hall–Kier alpha value is -0.620. The van der Waals surface area contributed by atoms with Crippen LogP contribution in [0.5, 0.6) is 0 Å². The zero-order chi connectivity index (χ0) is 14.8. The molecule has 1 atom stereocenters. The van der Waals surface area contributed by atoms with Crippen LogP contribution in [0.15, 0.2) is 6.07 Å². The van der Waals surface area contributed by atoms with E-state index in [0.29, 0.717) is 8.67 Å². The molecule has 0 radical (unpaired) electrons. The standard InChI is InChI=1S/C12H15Cl2NO3S/c1-12(2,3)18-11(17)7(15)5-8(16)6-4-9(13)19-10(6)14/h4,7H,5,15H2,1-3H3. The third-order valence-electron chi connectivity index (χ3n) is 2.07. The van der Waals surface area contributed by atoms with Crippen LogP contribution in [0, 0.1) is 0 Å². The van der Waals surface area contributed by atoms with Crippen LogP contribution >= 0.6 is 34.5 Å². The first-order valence-corrected chi connectivity index (χ1v) is 7.14. The van der Waals surface area contributed by atoms with E-state index < -0.39 is 17.6 Å². The molecule has 0 amide bonds. The van der Waals surface area contributed by atoms with Crippen LogP contribution in [-0.2, 0) is 9.53 Å². The number of Topliss-reactive ketones (excluding diaryl/α,β-unsaturated/α-hetero) is 1. The lowest BCUT2D eigenvalue weighted by atomic mass is 10.1. The maximum Gasteiger partial charge on any atom is 0.323 e. The molecule has 0 aliphatic heterocycles. The van der Waals surface area contributed by atoms with Gasteiger partial charge < -0.3 is 10.5 Å². The molecule has 0 aromatic carbocycles. The Morgan fingerprint density at radius 1 is 1.42 bits per heavy atom. The van der Waals surface area contributed by atoms with Crippen molar-refractivity contribution in [1.82, 2.24) is 0 Å². The van der Waals surface area contributed by atoms with Crippen LogP contribution in [0.1, 0.15) is 37.6 Å². The van der Waals surface area contributed by atoms with E-state index in [4.69, 9.17) is 33.7 Å². The van der Waals surface area contributed by atoms with Crippen LogP contribution in [0.3, 0.4) is 0 Å². The van der Waals surface area contributed by atoms with E-state index in [0.717, 1.165) is 11.3 Å². The number of carbonyl (C=O) groups excluding carboxylic acids is 2. The van der Waals surface area contributed by atoms with Crippen molar-refractivity contribution < 1.29 is 14.3 Å². The van der Waals surface area contributed by atoms with Gasteiger partial charge in [-0.1, -0.05) is 23.2 Å². The summed E-state index contributed by atoms with van der Waals surface area (Å²) in [6, 6.07) is 0.458. The van der Waals surface area contributed by atoms with Crippen LogP contribution in [0.25, 0.3) is 0 Å². The molecular formula is C12H15Cl2NO3S. The fourth-order valence-corrected chi connectivity index (χ4v) is 2.80. The first-order chi connectivity index (χ1) is 8.60. The van der Waals surface area contributed by atoms with Gasteiger partial charge in [0.1, 0.15) is 16.0 Å². The highest BCUT2D eigenvalue weighted by Gasteiger charge is 2.25. The van der Waals surface area contributed by atoms with Crippen molar-refractivity contribution >= 4 is 46.3 Å². The van der Waals surface area contributed by atoms with Gasteiger partial charge >= 0.3 is 5.97 Å². The van der Waals surface area contributed by atoms with E-state index in [9.17, 15) is 9.59 Å². The second-order valence-corrected chi connectivity index (χ2v) is 7.29. The van der Waals surface area contributed by atoms with Gasteiger partial charge in [-0.15, -0.1) is 11.3 Å². The van der Waals surface area contributed by atoms with Crippen LogP contribution in [-0.4, -0.2) is 23.4 Å². The van der Waals surface area contributed by atoms with Crippen molar-refractivity contribution in [2.24, 2.45) is 5.73 Å². The number of esters is 1. The number of ether oxygens (including phenoxy) is 1. The van der Waals surface area contributed by atoms with Crippen molar-refractivity contribution in [3.63, 3.8) is 0 Å². The van der Waals surface area contributed by atoms with Gasteiger partial charge in [-0.25, -0.2) is 0 Å². The van der Waals surface area contributed by atoms with Gasteiger partial charge in [0.15, 0.2) is 5.78 Å². The summed E-state index contributed by atoms with van der Waals surface area (Å²) in [7, 11) is 0. The Kier molecular flexibility index (Phi) is 5.38. The molecule has 0 aliphatic rings. The minimum absolute atomic E-state index is 0.165. The summed E-state index contributed by atoms with van der Waals surface area (Å²) >= 11 is 12.7. The molecule has 0 bridgehead atoms. The molecule has 0 fully saturated rings. The third-order valence-corrected chi connectivity index (χ3v) is 3.56. The molecule has 0 saturated heterocycles. The fourth-order valence-electron chi connectivity index (χ4n) is 1.30. The second-order valence-electron chi connectivity index (χ2n) is 5.01. The predicted molar refractivity (Wildman–Crippen MR) is 77.1 cm³/mol. The van der Waals surface area contributed by atoms with Crippen LogP contribution in [0.2, 0.25) is 8.67 Å². The van der Waals surface area contributed by atoms with E-state index in [-0.39, 0.29) is 17.8 Å². The molecule has 0 saturated carbocycles. The molecule has 1 rings (SSSR count). The highest BCUT2D eigenvalue weighted by atomic mass is 35.5. The zero-order valence-electron chi connectivity index (χ0n) is 10.8. The lowest BCUT2D eigenvalue weighted by Gasteiger charge is -2.21. The number of hydrogen-bond donors (Lipinski definition) is 1. The van der Waals surface area contributed by atoms with Crippen molar-refractivity contribution in [3.05, 3.63) is 20.3 Å². The Balaban J connectivity index is 2.67. The first kappa shape index (κ1) is 16.4. The van der Waals surface area contributed by atoms with Gasteiger partial charge in [0, 0.05) is 12.0 Å². The fraction of sp³-hybridized carbons (Fsp3) is 0.500. The first-order valence-electron chi connectivity index (χ1n) is 5.56. The quantitative estimate of drug-likeness (QED) is 0.681. The molecule has 106 valence electrons. The van der Waals surface area contributed by atoms with Crippen LogP contribution in [0.4, 0.5) is 0 Å². The maximum absolute atomic E-state index is 11.9. The lowest BCUT2D eigenvalue weighted by Crippen LogP contribution is -2.38. The number of thiophene rings is 1. The topological polar surface area (TPSA) is 69.4 Å². The summed E-state index contributed by atoms with van der Waals surface area (Å²) in [6.45, 7) is 5.19. The summed E-state index contributed by atoms with van der Waals surface area (Å²) in [5, 5.41) is 0. The smallest absolute Gasteiger partial charge is 0.323 e. The minimum Gasteiger partial charge on any atom is -0.459 e. The highest BCUT2D eigenvalue weighted by molar-refractivity contribution is 7.20. The van der Waals surface area contributed by atoms with Crippen molar-refractivity contribution in [2.75, 3.05) is 0 Å². The monoisotopic (exact) mass is 323 g/mol. The zero-order valence-corrected chi connectivity index (χ0v) is 13.2. The molecule has 1 aromatic rings. The van der Waals surface area contributed by atoms with Gasteiger partial charge in [-0.3, -0.25) is 9.59 Å². The molecule has 0 aliphatic carbocycles. The minimum atomic E-state index is -1.01. The van der Waals surface area contributed by atoms with Gasteiger partial charge in [-0.2, -0.15) is 0 Å². The van der Waals surface area contributed by atoms with Gasteiger partial charge in [-0.05, 0) is 26.8 Å². The number of halogens is 2. The number of hydrogen-bond acceptors (Lipinski definition) is 5. The Labute approximate surface area is 125 Å². The third kappa shape index (κ3) is 5.10. The Bertz CT molecular complexity index is 494. The van der Waals surface area contributed by atoms with Crippen molar-refractivity contribution in [3.8, 4) is 0 Å². The second kappa shape index (κ2) is 6.22. The number of ketones is 1.